The molecule has 0 bridgehead atoms. The number of para-hydroxylation sites is 2. The Morgan fingerprint density at radius 3 is 2.09 bits per heavy atom. The molecule has 3 N–H and O–H groups in total. The minimum atomic E-state index is -2.56. The van der Waals surface area contributed by atoms with Crippen LogP contribution in [0, 0.1) is 0 Å². The van der Waals surface area contributed by atoms with Gasteiger partial charge in [-0.2, -0.15) is 0 Å². The van der Waals surface area contributed by atoms with E-state index in [0.717, 1.165) is 15.6 Å². The fraction of sp³-hybridized carbons (Fsp3) is 0.156. The van der Waals surface area contributed by atoms with Crippen molar-refractivity contribution >= 4 is 56.9 Å². The molecule has 0 saturated carbocycles. The van der Waals surface area contributed by atoms with E-state index in [9.17, 15) is 13.6 Å². The first-order chi connectivity index (χ1) is 21.4. The second-order valence-corrected chi connectivity index (χ2v) is 10.4. The summed E-state index contributed by atoms with van der Waals surface area (Å²) < 4.78 is 40.5. The lowest BCUT2D eigenvalue weighted by molar-refractivity contribution is -0.116. The predicted molar refractivity (Wildman–Crippen MR) is 172 cm³/mol. The van der Waals surface area contributed by atoms with Crippen molar-refractivity contribution in [3.63, 3.8) is 0 Å². The number of fused-ring (bicyclic) bond motifs is 1. The van der Waals surface area contributed by atoms with Gasteiger partial charge >= 0.3 is 0 Å². The van der Waals surface area contributed by atoms with E-state index in [2.05, 4.69) is 10.6 Å². The van der Waals surface area contributed by atoms with Crippen LogP contribution in [0.3, 0.4) is 0 Å². The second kappa shape index (κ2) is 13.8. The molecule has 4 aromatic carbocycles. The summed E-state index contributed by atoms with van der Waals surface area (Å²) in [5, 5.41) is 6.09. The van der Waals surface area contributed by atoms with Gasteiger partial charge in [-0.3, -0.25) is 9.35 Å². The number of nitrogens with zero attached hydrogens (tertiary/aromatic N) is 3. The number of ether oxygens (including phenoxy) is 3. The van der Waals surface area contributed by atoms with Crippen molar-refractivity contribution in [3.05, 3.63) is 96.6 Å². The quantitative estimate of drug-likeness (QED) is 0.140. The number of hydrogen-bond acceptors (Lipinski definition) is 8. The smallest absolute Gasteiger partial charge is 0.268 e. The first-order valence-corrected chi connectivity index (χ1v) is 14.6. The molecule has 1 atom stereocenters. The molecule has 5 aromatic rings. The normalized spacial score (nSPS) is 11.5. The van der Waals surface area contributed by atoms with Crippen molar-refractivity contribution in [2.45, 2.75) is 12.8 Å². The summed E-state index contributed by atoms with van der Waals surface area (Å²) in [5.74, 6) is 1.94. The van der Waals surface area contributed by atoms with E-state index >= 15 is 0 Å². The van der Waals surface area contributed by atoms with E-state index in [4.69, 9.17) is 24.2 Å². The Labute approximate surface area is 257 Å². The van der Waals surface area contributed by atoms with Crippen LogP contribution in [0.15, 0.2) is 91.0 Å². The van der Waals surface area contributed by atoms with Crippen LogP contribution >= 0.6 is 0 Å². The summed E-state index contributed by atoms with van der Waals surface area (Å²) in [6.07, 6.45) is 0.791. The molecule has 1 amide bonds. The standard InChI is InChI=1S/C32H31N5O6S/c1-41-25-14-11-21(12-15-25)13-16-30(38)33-22-7-6-8-24(17-22)37(44(39)40)32-31(35-28-9-4-5-10-29(28)36-32)34-23-18-26(42-2)20-27(19-23)43-3/h4-12,14-15,17-20H,13,16H2,1-3H3,(H,33,38)(H,34,35)(H,39,40). The number of nitrogens with one attached hydrogen (secondary N) is 2. The third-order valence-corrected chi connectivity index (χ3v) is 7.38. The number of methoxy groups -OCH3 is 3. The van der Waals surface area contributed by atoms with Crippen LogP contribution in [-0.2, 0) is 22.5 Å². The highest BCUT2D eigenvalue weighted by Crippen LogP contribution is 2.36. The molecule has 11 nitrogen and oxygen atoms in total. The van der Waals surface area contributed by atoms with Gasteiger partial charge in [0.15, 0.2) is 11.6 Å². The Morgan fingerprint density at radius 2 is 1.45 bits per heavy atom. The maximum atomic E-state index is 12.9. The lowest BCUT2D eigenvalue weighted by Gasteiger charge is -2.23. The second-order valence-electron chi connectivity index (χ2n) is 9.58. The van der Waals surface area contributed by atoms with Crippen LogP contribution < -0.4 is 29.1 Å². The van der Waals surface area contributed by atoms with E-state index in [1.807, 2.05) is 36.4 Å². The topological polar surface area (TPSA) is 135 Å². The number of benzene rings is 4. The van der Waals surface area contributed by atoms with Crippen molar-refractivity contribution in [2.24, 2.45) is 0 Å². The fourth-order valence-electron chi connectivity index (χ4n) is 4.50. The van der Waals surface area contributed by atoms with Gasteiger partial charge in [-0.1, -0.05) is 30.3 Å². The van der Waals surface area contributed by atoms with Crippen LogP contribution in [0.4, 0.5) is 28.7 Å². The fourth-order valence-corrected chi connectivity index (χ4v) is 5.07. The number of aromatic nitrogens is 2. The van der Waals surface area contributed by atoms with Crippen LogP contribution in [0.1, 0.15) is 12.0 Å². The molecule has 12 heteroatoms. The van der Waals surface area contributed by atoms with E-state index in [-0.39, 0.29) is 24.0 Å². The molecule has 0 aliphatic rings. The Morgan fingerprint density at radius 1 is 0.795 bits per heavy atom. The molecule has 0 radical (unpaired) electrons. The molecule has 0 aliphatic heterocycles. The number of hydrogen-bond donors (Lipinski definition) is 3. The first-order valence-electron chi connectivity index (χ1n) is 13.6. The van der Waals surface area contributed by atoms with Gasteiger partial charge in [0.1, 0.15) is 17.2 Å². The molecule has 1 heterocycles. The van der Waals surface area contributed by atoms with Crippen molar-refractivity contribution < 1.29 is 27.8 Å². The Hall–Kier alpha value is -5.20. The molecule has 0 saturated heterocycles. The molecule has 1 unspecified atom stereocenters. The highest BCUT2D eigenvalue weighted by atomic mass is 32.2. The van der Waals surface area contributed by atoms with Crippen LogP contribution in [-0.4, -0.2) is 46.0 Å². The largest absolute Gasteiger partial charge is 0.497 e. The molecule has 0 fully saturated rings. The summed E-state index contributed by atoms with van der Waals surface area (Å²) >= 11 is -2.56. The average Bonchev–Trinajstić information content (AvgIpc) is 3.04. The minimum Gasteiger partial charge on any atom is -0.497 e. The molecule has 1 aromatic heterocycles. The average molecular weight is 614 g/mol. The number of rotatable bonds is 12. The number of amides is 1. The minimum absolute atomic E-state index is 0.0919. The molecule has 5 rings (SSSR count). The van der Waals surface area contributed by atoms with Crippen LogP contribution in [0.25, 0.3) is 11.0 Å². The van der Waals surface area contributed by atoms with Crippen LogP contribution in [0.5, 0.6) is 17.2 Å². The Kier molecular flexibility index (Phi) is 9.52. The molecule has 226 valence electrons. The van der Waals surface area contributed by atoms with Crippen LogP contribution in [0.2, 0.25) is 0 Å². The highest BCUT2D eigenvalue weighted by Gasteiger charge is 2.24. The number of aryl methyl sites for hydroxylation is 1. The lowest BCUT2D eigenvalue weighted by Crippen LogP contribution is -2.22. The Bertz CT molecular complexity index is 1780. The van der Waals surface area contributed by atoms with Gasteiger partial charge in [0.25, 0.3) is 11.3 Å². The van der Waals surface area contributed by atoms with Gasteiger partial charge in [0, 0.05) is 36.0 Å². The van der Waals surface area contributed by atoms with Crippen molar-refractivity contribution in [2.75, 3.05) is 36.3 Å². The third-order valence-electron chi connectivity index (χ3n) is 6.68. The number of carbonyl (C=O) groups is 1. The van der Waals surface area contributed by atoms with Gasteiger partial charge in [-0.15, -0.1) is 0 Å². The first kappa shape index (κ1) is 30.3. The van der Waals surface area contributed by atoms with Crippen molar-refractivity contribution in [3.8, 4) is 17.2 Å². The van der Waals surface area contributed by atoms with Gasteiger partial charge in [-0.05, 0) is 54.4 Å². The van der Waals surface area contributed by atoms with E-state index in [0.29, 0.717) is 46.0 Å². The highest BCUT2D eigenvalue weighted by molar-refractivity contribution is 7.81. The zero-order valence-electron chi connectivity index (χ0n) is 24.3. The summed E-state index contributed by atoms with van der Waals surface area (Å²) in [4.78, 5) is 22.2. The summed E-state index contributed by atoms with van der Waals surface area (Å²) in [7, 11) is 4.69. The molecular weight excluding hydrogens is 582 g/mol. The number of anilines is 5. The van der Waals surface area contributed by atoms with Gasteiger partial charge in [0.2, 0.25) is 5.91 Å². The van der Waals surface area contributed by atoms with Gasteiger partial charge in [0.05, 0.1) is 38.1 Å². The predicted octanol–water partition coefficient (Wildman–Crippen LogP) is 6.25. The summed E-state index contributed by atoms with van der Waals surface area (Å²) in [6, 6.07) is 26.6. The van der Waals surface area contributed by atoms with Crippen molar-refractivity contribution in [1.29, 1.82) is 0 Å². The van der Waals surface area contributed by atoms with Gasteiger partial charge < -0.3 is 24.8 Å². The van der Waals surface area contributed by atoms with Crippen molar-refractivity contribution in [1.82, 2.24) is 9.97 Å². The van der Waals surface area contributed by atoms with E-state index < -0.39 is 11.3 Å². The van der Waals surface area contributed by atoms with Gasteiger partial charge in [-0.25, -0.2) is 18.5 Å². The Balaban J connectivity index is 1.45. The zero-order chi connectivity index (χ0) is 31.1. The molecule has 0 aliphatic carbocycles. The maximum absolute atomic E-state index is 12.9. The lowest BCUT2D eigenvalue weighted by atomic mass is 10.1. The molecular formula is C32H31N5O6S. The zero-order valence-corrected chi connectivity index (χ0v) is 25.1. The molecule has 0 spiro atoms. The molecule has 44 heavy (non-hydrogen) atoms. The summed E-state index contributed by atoms with van der Waals surface area (Å²) in [6.45, 7) is 0. The number of carbonyl (C=O) groups excluding carboxylic acids is 1. The SMILES string of the molecule is COc1ccc(CCC(=O)Nc2cccc(N(c3nc4ccccc4nc3Nc3cc(OC)cc(OC)c3)S(=O)O)c2)cc1. The van der Waals surface area contributed by atoms with E-state index in [1.54, 1.807) is 75.9 Å². The monoisotopic (exact) mass is 613 g/mol. The summed E-state index contributed by atoms with van der Waals surface area (Å²) in [5.41, 5.74) is 3.44. The third kappa shape index (κ3) is 7.22. The van der Waals surface area contributed by atoms with E-state index in [1.165, 1.54) is 0 Å². The maximum Gasteiger partial charge on any atom is 0.268 e.